The van der Waals surface area contributed by atoms with Crippen LogP contribution in [-0.4, -0.2) is 62.2 Å². The fraction of sp³-hybridized carbons (Fsp3) is 0.312. The molecular formula is C16H16ClN7O. The van der Waals surface area contributed by atoms with E-state index < -0.39 is 0 Å². The maximum Gasteiger partial charge on any atom is 0.227 e. The average Bonchev–Trinajstić information content (AvgIpc) is 3.09. The Morgan fingerprint density at radius 2 is 1.96 bits per heavy atom. The highest BCUT2D eigenvalue weighted by Crippen LogP contribution is 2.15. The van der Waals surface area contributed by atoms with Crippen LogP contribution in [0.15, 0.2) is 36.4 Å². The molecule has 1 aliphatic heterocycles. The number of nitrogens with zero attached hydrogens (tertiary/aromatic N) is 7. The van der Waals surface area contributed by atoms with E-state index in [0.717, 1.165) is 24.5 Å². The van der Waals surface area contributed by atoms with Gasteiger partial charge in [-0.2, -0.15) is 0 Å². The van der Waals surface area contributed by atoms with E-state index in [4.69, 9.17) is 11.6 Å². The fourth-order valence-corrected chi connectivity index (χ4v) is 3.14. The number of carbonyl (C=O) groups excluding carboxylic acids is 1. The van der Waals surface area contributed by atoms with Crippen molar-refractivity contribution in [1.29, 1.82) is 0 Å². The smallest absolute Gasteiger partial charge is 0.227 e. The SMILES string of the molecule is O=C(Cc1cccc(Cl)c1)N1CCN(c2ccc3nnnn3n2)CC1. The molecule has 1 fully saturated rings. The summed E-state index contributed by atoms with van der Waals surface area (Å²) >= 11 is 5.98. The van der Waals surface area contributed by atoms with Crippen LogP contribution < -0.4 is 4.90 Å². The highest BCUT2D eigenvalue weighted by Gasteiger charge is 2.22. The minimum absolute atomic E-state index is 0.116. The van der Waals surface area contributed by atoms with E-state index in [9.17, 15) is 4.79 Å². The minimum Gasteiger partial charge on any atom is -0.352 e. The predicted molar refractivity (Wildman–Crippen MR) is 92.5 cm³/mol. The molecular weight excluding hydrogens is 342 g/mol. The molecule has 9 heteroatoms. The van der Waals surface area contributed by atoms with Crippen LogP contribution in [0.5, 0.6) is 0 Å². The van der Waals surface area contributed by atoms with Gasteiger partial charge >= 0.3 is 0 Å². The van der Waals surface area contributed by atoms with Crippen molar-refractivity contribution >= 4 is 29.0 Å². The van der Waals surface area contributed by atoms with E-state index in [2.05, 4.69) is 25.5 Å². The van der Waals surface area contributed by atoms with Gasteiger partial charge in [0.15, 0.2) is 11.5 Å². The van der Waals surface area contributed by atoms with Gasteiger partial charge in [0.25, 0.3) is 0 Å². The largest absolute Gasteiger partial charge is 0.352 e. The molecule has 0 bridgehead atoms. The van der Waals surface area contributed by atoms with Crippen molar-refractivity contribution in [3.63, 3.8) is 0 Å². The lowest BCUT2D eigenvalue weighted by Crippen LogP contribution is -2.49. The second-order valence-electron chi connectivity index (χ2n) is 5.89. The van der Waals surface area contributed by atoms with Gasteiger partial charge in [0.2, 0.25) is 5.91 Å². The van der Waals surface area contributed by atoms with E-state index >= 15 is 0 Å². The van der Waals surface area contributed by atoms with Crippen LogP contribution in [0.2, 0.25) is 5.02 Å². The zero-order valence-electron chi connectivity index (χ0n) is 13.4. The van der Waals surface area contributed by atoms with Gasteiger partial charge in [0.05, 0.1) is 6.42 Å². The summed E-state index contributed by atoms with van der Waals surface area (Å²) in [6.45, 7) is 2.77. The first-order chi connectivity index (χ1) is 12.2. The summed E-state index contributed by atoms with van der Waals surface area (Å²) < 4.78 is 1.41. The Kier molecular flexibility index (Phi) is 4.19. The van der Waals surface area contributed by atoms with Crippen LogP contribution >= 0.6 is 11.6 Å². The number of benzene rings is 1. The quantitative estimate of drug-likeness (QED) is 0.697. The number of anilines is 1. The molecule has 0 atom stereocenters. The van der Waals surface area contributed by atoms with Gasteiger partial charge in [-0.3, -0.25) is 4.79 Å². The van der Waals surface area contributed by atoms with Crippen molar-refractivity contribution in [3.05, 3.63) is 47.0 Å². The number of halogens is 1. The molecule has 4 rings (SSSR count). The van der Waals surface area contributed by atoms with Crippen molar-refractivity contribution in [2.45, 2.75) is 6.42 Å². The van der Waals surface area contributed by atoms with Crippen molar-refractivity contribution in [3.8, 4) is 0 Å². The zero-order chi connectivity index (χ0) is 17.2. The number of rotatable bonds is 3. The first kappa shape index (κ1) is 15.8. The number of piperazine rings is 1. The van der Waals surface area contributed by atoms with Crippen LogP contribution in [0.4, 0.5) is 5.82 Å². The Bertz CT molecular complexity index is 904. The Labute approximate surface area is 149 Å². The molecule has 0 N–H and O–H groups in total. The minimum atomic E-state index is 0.116. The maximum absolute atomic E-state index is 12.5. The van der Waals surface area contributed by atoms with Gasteiger partial charge in [0.1, 0.15) is 0 Å². The molecule has 8 nitrogen and oxygen atoms in total. The van der Waals surface area contributed by atoms with Gasteiger partial charge < -0.3 is 9.80 Å². The first-order valence-corrected chi connectivity index (χ1v) is 8.39. The van der Waals surface area contributed by atoms with Gasteiger partial charge in [0, 0.05) is 31.2 Å². The Morgan fingerprint density at radius 1 is 1.12 bits per heavy atom. The van der Waals surface area contributed by atoms with Crippen LogP contribution in [0, 0.1) is 0 Å². The van der Waals surface area contributed by atoms with E-state index in [0.29, 0.717) is 30.2 Å². The van der Waals surface area contributed by atoms with Crippen molar-refractivity contribution in [2.24, 2.45) is 0 Å². The molecule has 0 radical (unpaired) electrons. The highest BCUT2D eigenvalue weighted by molar-refractivity contribution is 6.30. The second kappa shape index (κ2) is 6.64. The summed E-state index contributed by atoms with van der Waals surface area (Å²) in [4.78, 5) is 16.5. The highest BCUT2D eigenvalue weighted by atomic mass is 35.5. The fourth-order valence-electron chi connectivity index (χ4n) is 2.93. The lowest BCUT2D eigenvalue weighted by Gasteiger charge is -2.35. The molecule has 1 amide bonds. The monoisotopic (exact) mass is 357 g/mol. The second-order valence-corrected chi connectivity index (χ2v) is 6.33. The summed E-state index contributed by atoms with van der Waals surface area (Å²) in [5, 5.41) is 16.3. The third kappa shape index (κ3) is 3.39. The summed E-state index contributed by atoms with van der Waals surface area (Å²) in [6, 6.07) is 11.2. The van der Waals surface area contributed by atoms with Crippen LogP contribution in [0.25, 0.3) is 5.65 Å². The number of hydrogen-bond donors (Lipinski definition) is 0. The molecule has 1 saturated heterocycles. The van der Waals surface area contributed by atoms with Crippen molar-refractivity contribution in [2.75, 3.05) is 31.1 Å². The van der Waals surface area contributed by atoms with Crippen molar-refractivity contribution in [1.82, 2.24) is 30.2 Å². The molecule has 25 heavy (non-hydrogen) atoms. The molecule has 3 aromatic rings. The molecule has 0 saturated carbocycles. The number of carbonyl (C=O) groups is 1. The number of aromatic nitrogens is 5. The summed E-state index contributed by atoms with van der Waals surface area (Å²) in [6.07, 6.45) is 0.370. The lowest BCUT2D eigenvalue weighted by atomic mass is 10.1. The van der Waals surface area contributed by atoms with Gasteiger partial charge in [-0.15, -0.1) is 14.8 Å². The average molecular weight is 358 g/mol. The van der Waals surface area contributed by atoms with Crippen molar-refractivity contribution < 1.29 is 4.79 Å². The lowest BCUT2D eigenvalue weighted by molar-refractivity contribution is -0.130. The summed E-state index contributed by atoms with van der Waals surface area (Å²) in [5.74, 6) is 0.924. The molecule has 1 aromatic carbocycles. The van der Waals surface area contributed by atoms with E-state index in [-0.39, 0.29) is 5.91 Å². The third-order valence-electron chi connectivity index (χ3n) is 4.26. The zero-order valence-corrected chi connectivity index (χ0v) is 14.2. The number of fused-ring (bicyclic) bond motifs is 1. The van der Waals surface area contributed by atoms with E-state index in [1.54, 1.807) is 0 Å². The Hall–Kier alpha value is -2.74. The molecule has 0 unspecified atom stereocenters. The van der Waals surface area contributed by atoms with Gasteiger partial charge in [-0.25, -0.2) is 0 Å². The predicted octanol–water partition coefficient (Wildman–Crippen LogP) is 1.06. The Balaban J connectivity index is 1.38. The molecule has 128 valence electrons. The Morgan fingerprint density at radius 3 is 2.76 bits per heavy atom. The molecule has 0 spiro atoms. The number of hydrogen-bond acceptors (Lipinski definition) is 6. The van der Waals surface area contributed by atoms with Gasteiger partial charge in [-0.1, -0.05) is 23.7 Å². The summed E-state index contributed by atoms with van der Waals surface area (Å²) in [5.41, 5.74) is 1.55. The first-order valence-electron chi connectivity index (χ1n) is 8.02. The van der Waals surface area contributed by atoms with Crippen LogP contribution in [-0.2, 0) is 11.2 Å². The van der Waals surface area contributed by atoms with Crippen LogP contribution in [0.1, 0.15) is 5.56 Å². The molecule has 2 aromatic heterocycles. The van der Waals surface area contributed by atoms with E-state index in [1.165, 1.54) is 4.63 Å². The summed E-state index contributed by atoms with van der Waals surface area (Å²) in [7, 11) is 0. The van der Waals surface area contributed by atoms with Crippen LogP contribution in [0.3, 0.4) is 0 Å². The third-order valence-corrected chi connectivity index (χ3v) is 4.49. The molecule has 3 heterocycles. The van der Waals surface area contributed by atoms with Gasteiger partial charge in [-0.05, 0) is 40.3 Å². The molecule has 0 aliphatic carbocycles. The normalized spacial score (nSPS) is 14.9. The topological polar surface area (TPSA) is 79.5 Å². The molecule has 1 aliphatic rings. The maximum atomic E-state index is 12.5. The van der Waals surface area contributed by atoms with E-state index in [1.807, 2.05) is 41.3 Å². The number of amides is 1. The standard InChI is InChI=1S/C16H16ClN7O/c17-13-3-1-2-12(10-13)11-16(25)23-8-6-22(7-9-23)15-5-4-14-18-20-21-24(14)19-15/h1-5,10H,6-9,11H2. The number of tetrazole rings is 1.